The Morgan fingerprint density at radius 1 is 1.27 bits per heavy atom. The Labute approximate surface area is 133 Å². The minimum Gasteiger partial charge on any atom is -0.467 e. The second kappa shape index (κ2) is 7.81. The van der Waals surface area contributed by atoms with Crippen molar-refractivity contribution in [3.8, 4) is 0 Å². The molecule has 0 aromatic carbocycles. The average molecular weight is 315 g/mol. The van der Waals surface area contributed by atoms with Crippen LogP contribution >= 0.6 is 0 Å². The summed E-state index contributed by atoms with van der Waals surface area (Å²) >= 11 is 0. The molecule has 1 aliphatic heterocycles. The molecule has 1 amide bonds. The van der Waals surface area contributed by atoms with Crippen molar-refractivity contribution in [3.05, 3.63) is 0 Å². The van der Waals surface area contributed by atoms with Gasteiger partial charge in [0.1, 0.15) is 5.60 Å². The maximum atomic E-state index is 12.4. The number of hydrogen-bond acceptors (Lipinski definition) is 5. The summed E-state index contributed by atoms with van der Waals surface area (Å²) in [6.45, 7) is 8.68. The van der Waals surface area contributed by atoms with Crippen LogP contribution in [0.1, 0.15) is 53.4 Å². The zero-order valence-electron chi connectivity index (χ0n) is 14.4. The number of esters is 1. The van der Waals surface area contributed by atoms with Crippen molar-refractivity contribution in [2.75, 3.05) is 26.9 Å². The van der Waals surface area contributed by atoms with Gasteiger partial charge in [0.2, 0.25) is 0 Å². The summed E-state index contributed by atoms with van der Waals surface area (Å²) in [4.78, 5) is 26.2. The van der Waals surface area contributed by atoms with Crippen molar-refractivity contribution in [1.82, 2.24) is 4.90 Å². The highest BCUT2D eigenvalue weighted by Crippen LogP contribution is 2.32. The molecule has 1 atom stereocenters. The van der Waals surface area contributed by atoms with Gasteiger partial charge in [-0.05, 0) is 40.0 Å². The first-order chi connectivity index (χ1) is 10.3. The van der Waals surface area contributed by atoms with E-state index in [4.69, 9.17) is 14.2 Å². The molecule has 1 saturated heterocycles. The van der Waals surface area contributed by atoms with Crippen molar-refractivity contribution in [1.29, 1.82) is 0 Å². The van der Waals surface area contributed by atoms with Crippen LogP contribution in [-0.2, 0) is 19.0 Å². The summed E-state index contributed by atoms with van der Waals surface area (Å²) in [5.41, 5.74) is -1.67. The normalized spacial score (nSPS) is 21.8. The highest BCUT2D eigenvalue weighted by molar-refractivity contribution is 5.86. The van der Waals surface area contributed by atoms with Gasteiger partial charge >= 0.3 is 12.1 Å². The highest BCUT2D eigenvalue weighted by atomic mass is 16.6. The van der Waals surface area contributed by atoms with Crippen molar-refractivity contribution in [2.45, 2.75) is 64.5 Å². The molecule has 6 nitrogen and oxygen atoms in total. The van der Waals surface area contributed by atoms with Crippen molar-refractivity contribution >= 4 is 12.1 Å². The first kappa shape index (κ1) is 18.7. The molecule has 128 valence electrons. The van der Waals surface area contributed by atoms with Crippen LogP contribution in [0.4, 0.5) is 4.79 Å². The van der Waals surface area contributed by atoms with Gasteiger partial charge in [-0.25, -0.2) is 9.59 Å². The summed E-state index contributed by atoms with van der Waals surface area (Å²) in [6, 6.07) is 0. The van der Waals surface area contributed by atoms with Crippen LogP contribution in [0.15, 0.2) is 0 Å². The van der Waals surface area contributed by atoms with Gasteiger partial charge in [-0.3, -0.25) is 4.90 Å². The Balaban J connectivity index is 2.87. The van der Waals surface area contributed by atoms with Gasteiger partial charge in [-0.1, -0.05) is 13.3 Å². The Hall–Kier alpha value is -1.30. The molecule has 0 N–H and O–H groups in total. The number of unbranched alkanes of at least 4 members (excludes halogenated alkanes) is 1. The van der Waals surface area contributed by atoms with E-state index in [1.54, 1.807) is 20.8 Å². The molecule has 1 heterocycles. The average Bonchev–Trinajstić information content (AvgIpc) is 2.86. The third-order valence-corrected chi connectivity index (χ3v) is 3.65. The number of hydrogen-bond donors (Lipinski definition) is 0. The molecule has 0 saturated carbocycles. The fraction of sp³-hybridized carbons (Fsp3) is 0.875. The van der Waals surface area contributed by atoms with Gasteiger partial charge in [0.15, 0.2) is 5.54 Å². The number of likely N-dealkylation sites (tertiary alicyclic amines) is 1. The van der Waals surface area contributed by atoms with E-state index in [0.29, 0.717) is 19.6 Å². The highest BCUT2D eigenvalue weighted by Gasteiger charge is 2.52. The molecule has 6 heteroatoms. The predicted octanol–water partition coefficient (Wildman–Crippen LogP) is 2.75. The van der Waals surface area contributed by atoms with E-state index >= 15 is 0 Å². The van der Waals surface area contributed by atoms with Crippen LogP contribution in [0.5, 0.6) is 0 Å². The Morgan fingerprint density at radius 2 is 1.95 bits per heavy atom. The topological polar surface area (TPSA) is 65.1 Å². The molecule has 0 aromatic heterocycles. The van der Waals surface area contributed by atoms with Gasteiger partial charge in [-0.2, -0.15) is 0 Å². The van der Waals surface area contributed by atoms with E-state index in [9.17, 15) is 9.59 Å². The fourth-order valence-electron chi connectivity index (χ4n) is 2.56. The molecule has 1 rings (SSSR count). The number of rotatable bonds is 6. The van der Waals surface area contributed by atoms with Gasteiger partial charge in [-0.15, -0.1) is 0 Å². The van der Waals surface area contributed by atoms with Crippen molar-refractivity contribution < 1.29 is 23.8 Å². The maximum absolute atomic E-state index is 12.4. The van der Waals surface area contributed by atoms with E-state index in [1.165, 1.54) is 12.0 Å². The van der Waals surface area contributed by atoms with Crippen LogP contribution in [0, 0.1) is 0 Å². The number of carbonyl (C=O) groups is 2. The molecule has 1 aliphatic rings. The van der Waals surface area contributed by atoms with Crippen LogP contribution in [-0.4, -0.2) is 55.0 Å². The van der Waals surface area contributed by atoms with Gasteiger partial charge in [0.25, 0.3) is 0 Å². The number of ether oxygens (including phenoxy) is 3. The van der Waals surface area contributed by atoms with Crippen molar-refractivity contribution in [2.24, 2.45) is 0 Å². The quantitative estimate of drug-likeness (QED) is 0.557. The number of methoxy groups -OCH3 is 1. The molecule has 1 fully saturated rings. The first-order valence-electron chi connectivity index (χ1n) is 7.93. The number of nitrogens with zero attached hydrogens (tertiary/aromatic N) is 1. The van der Waals surface area contributed by atoms with Crippen LogP contribution in [0.25, 0.3) is 0 Å². The number of carbonyl (C=O) groups excluding carboxylic acids is 2. The molecule has 22 heavy (non-hydrogen) atoms. The largest absolute Gasteiger partial charge is 0.467 e. The standard InChI is InChI=1S/C16H29NO5/c1-6-7-11-21-12-16(13(18)20-5)9-8-10-17(16)14(19)22-15(2,3)4/h6-12H2,1-5H3/t16-/m0/s1. The summed E-state index contributed by atoms with van der Waals surface area (Å²) in [5, 5.41) is 0. The zero-order chi connectivity index (χ0) is 16.8. The van der Waals surface area contributed by atoms with Gasteiger partial charge < -0.3 is 14.2 Å². The molecule has 0 aromatic rings. The molecule has 0 bridgehead atoms. The third-order valence-electron chi connectivity index (χ3n) is 3.65. The second-order valence-electron chi connectivity index (χ2n) is 6.66. The second-order valence-corrected chi connectivity index (χ2v) is 6.66. The van der Waals surface area contributed by atoms with Gasteiger partial charge in [0, 0.05) is 13.2 Å². The SMILES string of the molecule is CCCCOC[C@]1(C(=O)OC)CCCN1C(=O)OC(C)(C)C. The first-order valence-corrected chi connectivity index (χ1v) is 7.93. The summed E-state index contributed by atoms with van der Waals surface area (Å²) in [6.07, 6.45) is 2.70. The van der Waals surface area contributed by atoms with E-state index in [2.05, 4.69) is 6.92 Å². The Morgan fingerprint density at radius 3 is 2.50 bits per heavy atom. The van der Waals surface area contributed by atoms with E-state index in [1.807, 2.05) is 0 Å². The van der Waals surface area contributed by atoms with Crippen LogP contribution in [0.2, 0.25) is 0 Å². The Bertz CT molecular complexity index is 390. The molecular weight excluding hydrogens is 286 g/mol. The van der Waals surface area contributed by atoms with E-state index < -0.39 is 23.2 Å². The molecule has 0 aliphatic carbocycles. The predicted molar refractivity (Wildman–Crippen MR) is 82.6 cm³/mol. The molecule has 0 radical (unpaired) electrons. The lowest BCUT2D eigenvalue weighted by atomic mass is 9.97. The molecule has 0 spiro atoms. The molecule has 0 unspecified atom stereocenters. The maximum Gasteiger partial charge on any atom is 0.411 e. The summed E-state index contributed by atoms with van der Waals surface area (Å²) in [7, 11) is 1.34. The lowest BCUT2D eigenvalue weighted by Crippen LogP contribution is -2.57. The summed E-state index contributed by atoms with van der Waals surface area (Å²) < 4.78 is 16.0. The van der Waals surface area contributed by atoms with Crippen LogP contribution in [0.3, 0.4) is 0 Å². The van der Waals surface area contributed by atoms with E-state index in [-0.39, 0.29) is 6.61 Å². The Kier molecular flexibility index (Phi) is 6.66. The minimum absolute atomic E-state index is 0.152. The lowest BCUT2D eigenvalue weighted by Gasteiger charge is -2.36. The smallest absolute Gasteiger partial charge is 0.411 e. The van der Waals surface area contributed by atoms with Gasteiger partial charge in [0.05, 0.1) is 13.7 Å². The zero-order valence-corrected chi connectivity index (χ0v) is 14.4. The third kappa shape index (κ3) is 4.60. The monoisotopic (exact) mass is 315 g/mol. The minimum atomic E-state index is -1.06. The lowest BCUT2D eigenvalue weighted by molar-refractivity contribution is -0.157. The number of amides is 1. The summed E-state index contributed by atoms with van der Waals surface area (Å²) in [5.74, 6) is -0.438. The van der Waals surface area contributed by atoms with Crippen molar-refractivity contribution in [3.63, 3.8) is 0 Å². The fourth-order valence-corrected chi connectivity index (χ4v) is 2.56. The van der Waals surface area contributed by atoms with E-state index in [0.717, 1.165) is 19.3 Å². The molecular formula is C16H29NO5. The van der Waals surface area contributed by atoms with Crippen LogP contribution < -0.4 is 0 Å².